The lowest BCUT2D eigenvalue weighted by molar-refractivity contribution is -0.273. The Bertz CT molecular complexity index is 1390. The number of carbonyl (C=O) groups is 1. The highest BCUT2D eigenvalue weighted by Crippen LogP contribution is 2.32. The van der Waals surface area contributed by atoms with Crippen LogP contribution >= 0.6 is 0 Å². The number of benzene rings is 4. The average Bonchev–Trinajstić information content (AvgIpc) is 3.08. The Morgan fingerprint density at radius 2 is 0.956 bits per heavy atom. The van der Waals surface area contributed by atoms with E-state index in [1.807, 2.05) is 121 Å². The highest BCUT2D eigenvalue weighted by Gasteiger charge is 2.49. The molecule has 0 amide bonds. The van der Waals surface area contributed by atoms with Crippen LogP contribution in [-0.4, -0.2) is 49.7 Å². The van der Waals surface area contributed by atoms with Crippen LogP contribution in [0.4, 0.5) is 0 Å². The second-order valence-electron chi connectivity index (χ2n) is 11.0. The molecule has 4 aromatic carbocycles. The third-order valence-corrected chi connectivity index (χ3v) is 7.65. The highest BCUT2D eigenvalue weighted by molar-refractivity contribution is 5.70. The Morgan fingerprint density at radius 3 is 1.40 bits per heavy atom. The molecule has 1 saturated heterocycles. The average molecular weight is 611 g/mol. The van der Waals surface area contributed by atoms with Gasteiger partial charge in [0.05, 0.1) is 52.2 Å². The molecule has 5 atom stereocenters. The monoisotopic (exact) mass is 610 g/mol. The molecule has 236 valence electrons. The van der Waals surface area contributed by atoms with Gasteiger partial charge in [-0.2, -0.15) is 0 Å². The van der Waals surface area contributed by atoms with E-state index in [4.69, 9.17) is 28.4 Å². The van der Waals surface area contributed by atoms with Crippen LogP contribution in [0.2, 0.25) is 0 Å². The molecule has 1 heterocycles. The predicted octanol–water partition coefficient (Wildman–Crippen LogP) is 6.68. The molecule has 7 nitrogen and oxygen atoms in total. The second-order valence-corrected chi connectivity index (χ2v) is 11.0. The van der Waals surface area contributed by atoms with Crippen LogP contribution in [0.5, 0.6) is 0 Å². The predicted molar refractivity (Wildman–Crippen MR) is 171 cm³/mol. The van der Waals surface area contributed by atoms with Gasteiger partial charge in [0.1, 0.15) is 24.4 Å². The second kappa shape index (κ2) is 17.6. The van der Waals surface area contributed by atoms with E-state index < -0.39 is 30.5 Å². The first-order valence-electron chi connectivity index (χ1n) is 15.6. The molecule has 0 spiro atoms. The van der Waals surface area contributed by atoms with E-state index in [0.717, 1.165) is 22.3 Å². The van der Waals surface area contributed by atoms with Gasteiger partial charge in [0.2, 0.25) is 0 Å². The van der Waals surface area contributed by atoms with Gasteiger partial charge in [-0.15, -0.1) is 0 Å². The van der Waals surface area contributed by atoms with Gasteiger partial charge < -0.3 is 28.4 Å². The molecule has 1 fully saturated rings. The van der Waals surface area contributed by atoms with Gasteiger partial charge in [-0.1, -0.05) is 121 Å². The molecule has 5 rings (SSSR count). The van der Waals surface area contributed by atoms with Crippen LogP contribution < -0.4 is 0 Å². The number of carbonyl (C=O) groups excluding carboxylic acids is 1. The van der Waals surface area contributed by atoms with Crippen molar-refractivity contribution in [1.29, 1.82) is 0 Å². The molecule has 0 radical (unpaired) electrons. The quantitative estimate of drug-likeness (QED) is 0.131. The molecule has 1 aliphatic rings. The summed E-state index contributed by atoms with van der Waals surface area (Å²) in [6.45, 7) is 3.74. The standard InChI is InChI=1S/C38H42O7/c1-2-41-35(39)23-33-36(42-25-30-17-9-4-10-18-30)38(44-27-32-21-13-6-14-22-32)37(43-26-31-19-11-5-12-20-31)34(45-33)28-40-24-29-15-7-3-8-16-29/h3-22,33-34,36-38H,2,23-28H2,1H3/t33-,34+,36-,37+,38+/m0/s1. The van der Waals surface area contributed by atoms with Crippen molar-refractivity contribution in [2.45, 2.75) is 70.3 Å². The zero-order chi connectivity index (χ0) is 31.1. The van der Waals surface area contributed by atoms with Crippen molar-refractivity contribution in [3.63, 3.8) is 0 Å². The normalized spacial score (nSPS) is 21.3. The first kappa shape index (κ1) is 32.5. The first-order valence-corrected chi connectivity index (χ1v) is 15.6. The van der Waals surface area contributed by atoms with Crippen molar-refractivity contribution in [3.8, 4) is 0 Å². The molecular weight excluding hydrogens is 568 g/mol. The van der Waals surface area contributed by atoms with Gasteiger partial charge in [0.15, 0.2) is 0 Å². The number of esters is 1. The summed E-state index contributed by atoms with van der Waals surface area (Å²) in [7, 11) is 0. The third kappa shape index (κ3) is 10.1. The Labute approximate surface area is 266 Å². The van der Waals surface area contributed by atoms with Crippen molar-refractivity contribution in [2.75, 3.05) is 13.2 Å². The van der Waals surface area contributed by atoms with Crippen LogP contribution in [0.15, 0.2) is 121 Å². The summed E-state index contributed by atoms with van der Waals surface area (Å²) < 4.78 is 38.1. The van der Waals surface area contributed by atoms with E-state index >= 15 is 0 Å². The minimum atomic E-state index is -0.643. The number of hydrogen-bond donors (Lipinski definition) is 0. The summed E-state index contributed by atoms with van der Waals surface area (Å²) in [6, 6.07) is 39.9. The Kier molecular flexibility index (Phi) is 12.7. The SMILES string of the molecule is CCOC(=O)C[C@@H]1O[C@H](COCc2ccccc2)[C@@H](OCc2ccccc2)[C@H](OCc2ccccc2)[C@H]1OCc1ccccc1. The molecule has 0 aliphatic carbocycles. The van der Waals surface area contributed by atoms with E-state index in [2.05, 4.69) is 0 Å². The fourth-order valence-electron chi connectivity index (χ4n) is 5.43. The summed E-state index contributed by atoms with van der Waals surface area (Å²) in [5, 5.41) is 0. The number of hydrogen-bond acceptors (Lipinski definition) is 7. The lowest BCUT2D eigenvalue weighted by atomic mass is 9.92. The van der Waals surface area contributed by atoms with Crippen molar-refractivity contribution in [1.82, 2.24) is 0 Å². The zero-order valence-corrected chi connectivity index (χ0v) is 25.7. The first-order chi connectivity index (χ1) is 22.2. The lowest BCUT2D eigenvalue weighted by Crippen LogP contribution is -2.61. The smallest absolute Gasteiger partial charge is 0.308 e. The molecule has 7 heteroatoms. The Hall–Kier alpha value is -3.85. The van der Waals surface area contributed by atoms with Crippen molar-refractivity contribution in [3.05, 3.63) is 144 Å². The highest BCUT2D eigenvalue weighted by atomic mass is 16.6. The molecule has 45 heavy (non-hydrogen) atoms. The van der Waals surface area contributed by atoms with E-state index in [-0.39, 0.29) is 25.6 Å². The third-order valence-electron chi connectivity index (χ3n) is 7.65. The van der Waals surface area contributed by atoms with Gasteiger partial charge in [-0.25, -0.2) is 0 Å². The van der Waals surface area contributed by atoms with Crippen molar-refractivity contribution >= 4 is 5.97 Å². The largest absolute Gasteiger partial charge is 0.466 e. The van der Waals surface area contributed by atoms with E-state index in [9.17, 15) is 4.79 Å². The van der Waals surface area contributed by atoms with E-state index in [1.54, 1.807) is 6.92 Å². The van der Waals surface area contributed by atoms with Gasteiger partial charge in [0.25, 0.3) is 0 Å². The Morgan fingerprint density at radius 1 is 0.556 bits per heavy atom. The van der Waals surface area contributed by atoms with Crippen LogP contribution in [0.3, 0.4) is 0 Å². The summed E-state index contributed by atoms with van der Waals surface area (Å²) in [5.41, 5.74) is 4.11. The van der Waals surface area contributed by atoms with Crippen molar-refractivity contribution in [2.24, 2.45) is 0 Å². The van der Waals surface area contributed by atoms with E-state index in [1.165, 1.54) is 0 Å². The van der Waals surface area contributed by atoms with Crippen LogP contribution in [-0.2, 0) is 59.6 Å². The summed E-state index contributed by atoms with van der Waals surface area (Å²) >= 11 is 0. The van der Waals surface area contributed by atoms with Crippen LogP contribution in [0.25, 0.3) is 0 Å². The topological polar surface area (TPSA) is 72.5 Å². The maximum absolute atomic E-state index is 12.9. The molecular formula is C38H42O7. The van der Waals surface area contributed by atoms with Gasteiger partial charge >= 0.3 is 5.97 Å². The molecule has 1 aliphatic heterocycles. The molecule has 0 N–H and O–H groups in total. The maximum Gasteiger partial charge on any atom is 0.308 e. The van der Waals surface area contributed by atoms with Crippen molar-refractivity contribution < 1.29 is 33.2 Å². The van der Waals surface area contributed by atoms with E-state index in [0.29, 0.717) is 26.4 Å². The zero-order valence-electron chi connectivity index (χ0n) is 25.7. The molecule has 0 bridgehead atoms. The van der Waals surface area contributed by atoms with Gasteiger partial charge in [0, 0.05) is 0 Å². The number of ether oxygens (including phenoxy) is 6. The fraction of sp³-hybridized carbons (Fsp3) is 0.342. The van der Waals surface area contributed by atoms with Gasteiger partial charge in [-0.3, -0.25) is 4.79 Å². The molecule has 0 unspecified atom stereocenters. The summed E-state index contributed by atoms with van der Waals surface area (Å²) in [4.78, 5) is 12.9. The minimum absolute atomic E-state index is 0.0130. The minimum Gasteiger partial charge on any atom is -0.466 e. The fourth-order valence-corrected chi connectivity index (χ4v) is 5.43. The summed E-state index contributed by atoms with van der Waals surface area (Å²) in [6.07, 6.45) is -2.91. The van der Waals surface area contributed by atoms with Gasteiger partial charge in [-0.05, 0) is 29.2 Å². The molecule has 0 saturated carbocycles. The molecule has 0 aromatic heterocycles. The van der Waals surface area contributed by atoms with Crippen LogP contribution in [0.1, 0.15) is 35.6 Å². The lowest BCUT2D eigenvalue weighted by Gasteiger charge is -2.46. The Balaban J connectivity index is 1.44. The number of rotatable bonds is 16. The molecule has 4 aromatic rings. The van der Waals surface area contributed by atoms with Crippen LogP contribution in [0, 0.1) is 0 Å². The maximum atomic E-state index is 12.9. The summed E-state index contributed by atoms with van der Waals surface area (Å²) in [5.74, 6) is -0.356.